The van der Waals surface area contributed by atoms with Gasteiger partial charge in [0.2, 0.25) is 0 Å². The van der Waals surface area contributed by atoms with E-state index in [1.807, 2.05) is 18.3 Å². The van der Waals surface area contributed by atoms with Crippen molar-refractivity contribution in [3.63, 3.8) is 0 Å². The van der Waals surface area contributed by atoms with Crippen LogP contribution in [0.1, 0.15) is 76.3 Å². The molecule has 3 rings (SSSR count). The average molecular weight is 384 g/mol. The third-order valence-electron chi connectivity index (χ3n) is 6.22. The van der Waals surface area contributed by atoms with Gasteiger partial charge in [0.25, 0.3) is 0 Å². The number of pyridine rings is 1. The van der Waals surface area contributed by atoms with Gasteiger partial charge in [-0.3, -0.25) is 9.88 Å². The summed E-state index contributed by atoms with van der Waals surface area (Å²) >= 11 is 0. The topological polar surface area (TPSA) is 51.4 Å². The summed E-state index contributed by atoms with van der Waals surface area (Å²) in [6, 6.07) is 8.61. The lowest BCUT2D eigenvalue weighted by molar-refractivity contribution is 0.170. The third kappa shape index (κ3) is 5.24. The molecule has 2 heterocycles. The van der Waals surface area contributed by atoms with Crippen LogP contribution >= 0.6 is 0 Å². The molecule has 0 aliphatic carbocycles. The number of likely N-dealkylation sites (tertiary alicyclic amines) is 1. The van der Waals surface area contributed by atoms with Gasteiger partial charge in [-0.1, -0.05) is 45.4 Å². The van der Waals surface area contributed by atoms with E-state index in [0.717, 1.165) is 16.7 Å². The van der Waals surface area contributed by atoms with Crippen molar-refractivity contribution in [3.8, 4) is 5.75 Å². The predicted octanol–water partition coefficient (Wildman–Crippen LogP) is 5.46. The Labute approximate surface area is 170 Å². The van der Waals surface area contributed by atoms with Gasteiger partial charge in [0.1, 0.15) is 5.75 Å². The van der Waals surface area contributed by atoms with E-state index in [4.69, 9.17) is 10.5 Å². The van der Waals surface area contributed by atoms with Gasteiger partial charge in [0, 0.05) is 23.7 Å². The highest BCUT2D eigenvalue weighted by atomic mass is 16.5. The van der Waals surface area contributed by atoms with Gasteiger partial charge >= 0.3 is 0 Å². The Morgan fingerprint density at radius 1 is 1.14 bits per heavy atom. The molecule has 2 unspecified atom stereocenters. The molecule has 0 bridgehead atoms. The van der Waals surface area contributed by atoms with Crippen LogP contribution in [0.5, 0.6) is 5.75 Å². The molecule has 2 N–H and O–H groups in total. The zero-order chi connectivity index (χ0) is 19.8. The second kappa shape index (κ2) is 10.8. The summed E-state index contributed by atoms with van der Waals surface area (Å²) in [5, 5.41) is 1.13. The molecule has 2 atom stereocenters. The number of fused-ring (bicyclic) bond motifs is 1. The Morgan fingerprint density at radius 3 is 2.82 bits per heavy atom. The lowest BCUT2D eigenvalue weighted by atomic mass is 9.93. The SMILES string of the molecule is CCCCCCCN1CCCCCC1C(N)c1ccnc2ccc(OC)cc12. The van der Waals surface area contributed by atoms with Gasteiger partial charge in [0.15, 0.2) is 0 Å². The number of hydrogen-bond acceptors (Lipinski definition) is 4. The highest BCUT2D eigenvalue weighted by Gasteiger charge is 2.28. The first kappa shape index (κ1) is 21.1. The van der Waals surface area contributed by atoms with Crippen LogP contribution in [-0.4, -0.2) is 36.1 Å². The van der Waals surface area contributed by atoms with E-state index in [9.17, 15) is 0 Å². The van der Waals surface area contributed by atoms with Crippen molar-refractivity contribution < 1.29 is 4.74 Å². The molecule has 1 aromatic heterocycles. The van der Waals surface area contributed by atoms with Crippen LogP contribution < -0.4 is 10.5 Å². The Balaban J connectivity index is 1.79. The van der Waals surface area contributed by atoms with E-state index in [0.29, 0.717) is 6.04 Å². The number of hydrogen-bond donors (Lipinski definition) is 1. The van der Waals surface area contributed by atoms with Crippen LogP contribution in [0.15, 0.2) is 30.5 Å². The standard InChI is InChI=1S/C24H37N3O/c1-3-4-5-6-9-16-27-17-10-7-8-11-23(27)24(25)20-14-15-26-22-13-12-19(28-2)18-21(20)22/h12-15,18,23-24H,3-11,16-17,25H2,1-2H3. The predicted molar refractivity (Wildman–Crippen MR) is 118 cm³/mol. The number of aromatic nitrogens is 1. The van der Waals surface area contributed by atoms with Gasteiger partial charge < -0.3 is 10.5 Å². The molecule has 1 aromatic carbocycles. The van der Waals surface area contributed by atoms with Gasteiger partial charge in [-0.15, -0.1) is 0 Å². The summed E-state index contributed by atoms with van der Waals surface area (Å²) < 4.78 is 5.45. The van der Waals surface area contributed by atoms with Crippen LogP contribution in [0, 0.1) is 0 Å². The molecule has 1 saturated heterocycles. The van der Waals surface area contributed by atoms with Crippen LogP contribution in [0.2, 0.25) is 0 Å². The summed E-state index contributed by atoms with van der Waals surface area (Å²) in [5.41, 5.74) is 9.12. The molecule has 4 nitrogen and oxygen atoms in total. The maximum Gasteiger partial charge on any atom is 0.119 e. The van der Waals surface area contributed by atoms with Crippen molar-refractivity contribution in [3.05, 3.63) is 36.0 Å². The first-order valence-electron chi connectivity index (χ1n) is 11.2. The van der Waals surface area contributed by atoms with Crippen molar-refractivity contribution >= 4 is 10.9 Å². The number of nitrogens with two attached hydrogens (primary N) is 1. The molecule has 4 heteroatoms. The average Bonchev–Trinajstić information content (AvgIpc) is 2.97. The fourth-order valence-electron chi connectivity index (χ4n) is 4.57. The molecule has 0 amide bonds. The van der Waals surface area contributed by atoms with Crippen LogP contribution in [0.3, 0.4) is 0 Å². The van der Waals surface area contributed by atoms with Gasteiger partial charge in [0.05, 0.1) is 12.6 Å². The molecule has 1 aliphatic rings. The molecule has 0 spiro atoms. The Kier molecular flexibility index (Phi) is 8.11. The first-order valence-corrected chi connectivity index (χ1v) is 11.2. The van der Waals surface area contributed by atoms with E-state index in [1.54, 1.807) is 7.11 Å². The van der Waals surface area contributed by atoms with E-state index in [2.05, 4.69) is 28.9 Å². The minimum atomic E-state index is 0.00588. The fraction of sp³-hybridized carbons (Fsp3) is 0.625. The largest absolute Gasteiger partial charge is 0.497 e. The number of benzene rings is 1. The summed E-state index contributed by atoms with van der Waals surface area (Å²) in [4.78, 5) is 7.21. The molecule has 1 fully saturated rings. The number of nitrogens with zero attached hydrogens (tertiary/aromatic N) is 2. The third-order valence-corrected chi connectivity index (χ3v) is 6.22. The molecular formula is C24H37N3O. The highest BCUT2D eigenvalue weighted by Crippen LogP contribution is 2.32. The highest BCUT2D eigenvalue weighted by molar-refractivity contribution is 5.84. The van der Waals surface area contributed by atoms with Crippen molar-refractivity contribution in [2.75, 3.05) is 20.2 Å². The van der Waals surface area contributed by atoms with Gasteiger partial charge in [-0.25, -0.2) is 0 Å². The lowest BCUT2D eigenvalue weighted by Crippen LogP contribution is -2.43. The van der Waals surface area contributed by atoms with Crippen molar-refractivity contribution in [2.24, 2.45) is 5.73 Å². The summed E-state index contributed by atoms with van der Waals surface area (Å²) in [7, 11) is 1.71. The number of unbranched alkanes of at least 4 members (excludes halogenated alkanes) is 4. The maximum atomic E-state index is 6.93. The molecule has 154 valence electrons. The number of ether oxygens (including phenoxy) is 1. The van der Waals surface area contributed by atoms with Crippen molar-refractivity contribution in [2.45, 2.75) is 76.8 Å². The van der Waals surface area contributed by atoms with Crippen molar-refractivity contribution in [1.29, 1.82) is 0 Å². The number of rotatable bonds is 9. The van der Waals surface area contributed by atoms with E-state index >= 15 is 0 Å². The van der Waals surface area contributed by atoms with E-state index in [1.165, 1.54) is 76.4 Å². The maximum absolute atomic E-state index is 6.93. The fourth-order valence-corrected chi connectivity index (χ4v) is 4.57. The first-order chi connectivity index (χ1) is 13.7. The summed E-state index contributed by atoms with van der Waals surface area (Å²) in [6.07, 6.45) is 13.6. The lowest BCUT2D eigenvalue weighted by Gasteiger charge is -2.35. The molecule has 2 aromatic rings. The quantitative estimate of drug-likeness (QED) is 0.584. The molecule has 28 heavy (non-hydrogen) atoms. The summed E-state index contributed by atoms with van der Waals surface area (Å²) in [5.74, 6) is 0.864. The molecular weight excluding hydrogens is 346 g/mol. The Hall–Kier alpha value is -1.65. The Morgan fingerprint density at radius 2 is 2.00 bits per heavy atom. The monoisotopic (exact) mass is 383 g/mol. The summed E-state index contributed by atoms with van der Waals surface area (Å²) in [6.45, 7) is 4.63. The van der Waals surface area contributed by atoms with Gasteiger partial charge in [-0.05, 0) is 62.2 Å². The van der Waals surface area contributed by atoms with Crippen LogP contribution in [0.4, 0.5) is 0 Å². The van der Waals surface area contributed by atoms with Crippen LogP contribution in [-0.2, 0) is 0 Å². The van der Waals surface area contributed by atoms with E-state index < -0.39 is 0 Å². The zero-order valence-electron chi connectivity index (χ0n) is 17.7. The normalized spacial score (nSPS) is 19.5. The second-order valence-corrected chi connectivity index (χ2v) is 8.18. The minimum Gasteiger partial charge on any atom is -0.497 e. The smallest absolute Gasteiger partial charge is 0.119 e. The Bertz CT molecular complexity index is 733. The van der Waals surface area contributed by atoms with Crippen LogP contribution in [0.25, 0.3) is 10.9 Å². The van der Waals surface area contributed by atoms with Crippen molar-refractivity contribution in [1.82, 2.24) is 9.88 Å². The number of methoxy groups -OCH3 is 1. The second-order valence-electron chi connectivity index (χ2n) is 8.18. The molecule has 0 radical (unpaired) electrons. The zero-order valence-corrected chi connectivity index (χ0v) is 17.7. The molecule has 0 saturated carbocycles. The molecule has 1 aliphatic heterocycles. The van der Waals surface area contributed by atoms with E-state index in [-0.39, 0.29) is 6.04 Å². The van der Waals surface area contributed by atoms with Gasteiger partial charge in [-0.2, -0.15) is 0 Å². The minimum absolute atomic E-state index is 0.00588.